The van der Waals surface area contributed by atoms with Crippen LogP contribution >= 0.6 is 0 Å². The quantitative estimate of drug-likeness (QED) is 0.791. The maximum atomic E-state index is 13.5. The van der Waals surface area contributed by atoms with Gasteiger partial charge in [-0.1, -0.05) is 13.0 Å². The summed E-state index contributed by atoms with van der Waals surface area (Å²) in [5, 5.41) is 4.96. The van der Waals surface area contributed by atoms with Crippen LogP contribution in [-0.2, 0) is 11.4 Å². The molecule has 0 bridgehead atoms. The summed E-state index contributed by atoms with van der Waals surface area (Å²) in [5.74, 6) is -3.38. The summed E-state index contributed by atoms with van der Waals surface area (Å²) in [6, 6.07) is 2.82. The Kier molecular flexibility index (Phi) is 6.04. The number of hydrogen-bond donors (Lipinski definition) is 2. The van der Waals surface area contributed by atoms with E-state index in [0.717, 1.165) is 12.3 Å². The van der Waals surface area contributed by atoms with Gasteiger partial charge in [0.15, 0.2) is 23.9 Å². The van der Waals surface area contributed by atoms with E-state index in [0.29, 0.717) is 6.42 Å². The third-order valence-electron chi connectivity index (χ3n) is 3.33. The van der Waals surface area contributed by atoms with Crippen LogP contribution in [0.1, 0.15) is 29.7 Å². The number of ether oxygens (including phenoxy) is 1. The minimum atomic E-state index is -1.12. The van der Waals surface area contributed by atoms with Gasteiger partial charge in [0.2, 0.25) is 17.6 Å². The predicted molar refractivity (Wildman–Crippen MR) is 82.8 cm³/mol. The highest BCUT2D eigenvalue weighted by atomic mass is 19.2. The van der Waals surface area contributed by atoms with E-state index >= 15 is 0 Å². The van der Waals surface area contributed by atoms with Crippen molar-refractivity contribution < 1.29 is 27.5 Å². The number of aromatic nitrogens is 1. The van der Waals surface area contributed by atoms with Gasteiger partial charge in [0.05, 0.1) is 0 Å². The molecule has 0 aliphatic rings. The molecular formula is C16H17F2N3O4. The van der Waals surface area contributed by atoms with Gasteiger partial charge in [-0.25, -0.2) is 9.37 Å². The molecule has 2 N–H and O–H groups in total. The Balaban J connectivity index is 1.98. The number of hydrogen-bond acceptors (Lipinski definition) is 5. The van der Waals surface area contributed by atoms with E-state index in [9.17, 15) is 18.4 Å². The Morgan fingerprint density at radius 3 is 2.80 bits per heavy atom. The Hall–Kier alpha value is -2.97. The third-order valence-corrected chi connectivity index (χ3v) is 3.33. The normalized spacial score (nSPS) is 11.7. The summed E-state index contributed by atoms with van der Waals surface area (Å²) in [6.07, 6.45) is 1.49. The number of halogens is 2. The zero-order chi connectivity index (χ0) is 18.4. The van der Waals surface area contributed by atoms with E-state index in [1.807, 2.05) is 0 Å². The zero-order valence-electron chi connectivity index (χ0n) is 13.6. The maximum absolute atomic E-state index is 13.5. The standard InChI is InChI=1S/C16H17F2N3O4/c1-3-10(15(22)19-2)21-16(23)11-7-25-13(20-11)8-24-12-6-4-5-9(17)14(12)18/h4-7,10H,3,8H2,1-2H3,(H,19,22)(H,21,23)/t10-/m0/s1. The second-order valence-electron chi connectivity index (χ2n) is 5.02. The Morgan fingerprint density at radius 2 is 2.12 bits per heavy atom. The van der Waals surface area contributed by atoms with Gasteiger partial charge in [0, 0.05) is 7.05 Å². The number of carbonyl (C=O) groups is 2. The van der Waals surface area contributed by atoms with Crippen molar-refractivity contribution in [3.8, 4) is 5.75 Å². The van der Waals surface area contributed by atoms with Crippen LogP contribution in [0.2, 0.25) is 0 Å². The Labute approximate surface area is 142 Å². The van der Waals surface area contributed by atoms with Crippen molar-refractivity contribution in [2.24, 2.45) is 0 Å². The molecule has 0 fully saturated rings. The summed E-state index contributed by atoms with van der Waals surface area (Å²) < 4.78 is 36.7. The molecule has 1 aromatic heterocycles. The fourth-order valence-corrected chi connectivity index (χ4v) is 1.98. The SMILES string of the molecule is CC[C@H](NC(=O)c1coc(COc2cccc(F)c2F)n1)C(=O)NC. The smallest absolute Gasteiger partial charge is 0.273 e. The molecule has 25 heavy (non-hydrogen) atoms. The first-order valence-corrected chi connectivity index (χ1v) is 7.50. The number of carbonyl (C=O) groups excluding carboxylic acids is 2. The highest BCUT2D eigenvalue weighted by Gasteiger charge is 2.21. The number of nitrogens with zero attached hydrogens (tertiary/aromatic N) is 1. The minimum absolute atomic E-state index is 0.00167. The first-order valence-electron chi connectivity index (χ1n) is 7.50. The lowest BCUT2D eigenvalue weighted by molar-refractivity contribution is -0.122. The van der Waals surface area contributed by atoms with Crippen LogP contribution in [-0.4, -0.2) is 29.9 Å². The van der Waals surface area contributed by atoms with Gasteiger partial charge in [-0.2, -0.15) is 4.39 Å². The molecule has 0 spiro atoms. The van der Waals surface area contributed by atoms with Crippen molar-refractivity contribution >= 4 is 11.8 Å². The van der Waals surface area contributed by atoms with Gasteiger partial charge >= 0.3 is 0 Å². The molecule has 0 saturated carbocycles. The number of benzene rings is 1. The lowest BCUT2D eigenvalue weighted by Gasteiger charge is -2.13. The molecule has 0 unspecified atom stereocenters. The molecule has 1 aromatic carbocycles. The highest BCUT2D eigenvalue weighted by Crippen LogP contribution is 2.20. The van der Waals surface area contributed by atoms with Gasteiger partial charge in [0.1, 0.15) is 12.3 Å². The van der Waals surface area contributed by atoms with Crippen LogP contribution in [0.3, 0.4) is 0 Å². The highest BCUT2D eigenvalue weighted by molar-refractivity contribution is 5.95. The first-order chi connectivity index (χ1) is 12.0. The number of amides is 2. The fraction of sp³-hybridized carbons (Fsp3) is 0.312. The number of rotatable bonds is 7. The second-order valence-corrected chi connectivity index (χ2v) is 5.02. The van der Waals surface area contributed by atoms with Gasteiger partial charge in [-0.05, 0) is 18.6 Å². The molecule has 0 aliphatic heterocycles. The first kappa shape index (κ1) is 18.4. The van der Waals surface area contributed by atoms with Crippen LogP contribution in [0.15, 0.2) is 28.9 Å². The number of likely N-dealkylation sites (N-methyl/N-ethyl adjacent to an activating group) is 1. The number of oxazole rings is 1. The molecule has 2 aromatic rings. The lowest BCUT2D eigenvalue weighted by atomic mass is 10.2. The molecule has 7 nitrogen and oxygen atoms in total. The van der Waals surface area contributed by atoms with Crippen LogP contribution in [0.4, 0.5) is 8.78 Å². The van der Waals surface area contributed by atoms with Gasteiger partial charge in [-0.3, -0.25) is 9.59 Å². The number of nitrogens with one attached hydrogen (secondary N) is 2. The summed E-state index contributed by atoms with van der Waals surface area (Å²) in [4.78, 5) is 27.5. The van der Waals surface area contributed by atoms with E-state index in [-0.39, 0.29) is 29.8 Å². The molecule has 1 atom stereocenters. The molecule has 9 heteroatoms. The monoisotopic (exact) mass is 353 g/mol. The van der Waals surface area contributed by atoms with E-state index < -0.39 is 23.6 Å². The Morgan fingerprint density at radius 1 is 1.36 bits per heavy atom. The summed E-state index contributed by atoms with van der Waals surface area (Å²) >= 11 is 0. The summed E-state index contributed by atoms with van der Waals surface area (Å²) in [7, 11) is 1.47. The third kappa shape index (κ3) is 4.52. The topological polar surface area (TPSA) is 93.5 Å². The molecular weight excluding hydrogens is 336 g/mol. The van der Waals surface area contributed by atoms with E-state index in [1.165, 1.54) is 19.2 Å². The van der Waals surface area contributed by atoms with Crippen molar-refractivity contribution in [1.29, 1.82) is 0 Å². The van der Waals surface area contributed by atoms with Crippen LogP contribution in [0.25, 0.3) is 0 Å². The average molecular weight is 353 g/mol. The molecule has 2 amide bonds. The molecule has 1 heterocycles. The molecule has 0 saturated heterocycles. The predicted octanol–water partition coefficient (Wildman–Crippen LogP) is 1.79. The Bertz CT molecular complexity index is 764. The minimum Gasteiger partial charge on any atom is -0.481 e. The molecule has 0 aliphatic carbocycles. The van der Waals surface area contributed by atoms with Crippen molar-refractivity contribution in [2.45, 2.75) is 26.0 Å². The summed E-state index contributed by atoms with van der Waals surface area (Å²) in [6.45, 7) is 1.45. The zero-order valence-corrected chi connectivity index (χ0v) is 13.6. The van der Waals surface area contributed by atoms with Crippen LogP contribution in [0, 0.1) is 11.6 Å². The van der Waals surface area contributed by atoms with E-state index in [2.05, 4.69) is 15.6 Å². The largest absolute Gasteiger partial charge is 0.481 e. The molecule has 0 radical (unpaired) electrons. The van der Waals surface area contributed by atoms with E-state index in [4.69, 9.17) is 9.15 Å². The van der Waals surface area contributed by atoms with Crippen LogP contribution in [0.5, 0.6) is 5.75 Å². The van der Waals surface area contributed by atoms with Crippen molar-refractivity contribution in [1.82, 2.24) is 15.6 Å². The van der Waals surface area contributed by atoms with Gasteiger partial charge in [-0.15, -0.1) is 0 Å². The lowest BCUT2D eigenvalue weighted by Crippen LogP contribution is -2.45. The molecule has 2 rings (SSSR count). The van der Waals surface area contributed by atoms with Gasteiger partial charge in [0.25, 0.3) is 5.91 Å². The molecule has 134 valence electrons. The van der Waals surface area contributed by atoms with E-state index in [1.54, 1.807) is 6.92 Å². The van der Waals surface area contributed by atoms with Gasteiger partial charge < -0.3 is 19.8 Å². The van der Waals surface area contributed by atoms with Crippen molar-refractivity contribution in [2.75, 3.05) is 7.05 Å². The van der Waals surface area contributed by atoms with Crippen LogP contribution < -0.4 is 15.4 Å². The second kappa shape index (κ2) is 8.22. The summed E-state index contributed by atoms with van der Waals surface area (Å²) in [5.41, 5.74) is -0.0549. The maximum Gasteiger partial charge on any atom is 0.273 e. The van der Waals surface area contributed by atoms with Crippen molar-refractivity contribution in [3.05, 3.63) is 47.7 Å². The van der Waals surface area contributed by atoms with Crippen molar-refractivity contribution in [3.63, 3.8) is 0 Å². The average Bonchev–Trinajstić information content (AvgIpc) is 3.09. The fourth-order valence-electron chi connectivity index (χ4n) is 1.98.